The average molecular weight is 599 g/mol. The van der Waals surface area contributed by atoms with Crippen molar-refractivity contribution in [1.29, 1.82) is 0 Å². The molecule has 5 rings (SSSR count). The quantitative estimate of drug-likeness (QED) is 0.462. The minimum Gasteiger partial charge on any atom is -0.481 e. The summed E-state index contributed by atoms with van der Waals surface area (Å²) >= 11 is 0. The van der Waals surface area contributed by atoms with Crippen molar-refractivity contribution in [2.24, 2.45) is 5.92 Å². The van der Waals surface area contributed by atoms with Crippen molar-refractivity contribution in [3.63, 3.8) is 0 Å². The molecule has 3 aliphatic heterocycles. The van der Waals surface area contributed by atoms with Gasteiger partial charge in [0, 0.05) is 48.8 Å². The van der Waals surface area contributed by atoms with E-state index in [4.69, 9.17) is 4.74 Å². The number of methoxy groups -OCH3 is 1. The zero-order chi connectivity index (χ0) is 30.4. The largest absolute Gasteiger partial charge is 0.481 e. The molecule has 42 heavy (non-hydrogen) atoms. The number of likely N-dealkylation sites (tertiary alicyclic amines) is 1. The van der Waals surface area contributed by atoms with Crippen molar-refractivity contribution in [2.45, 2.75) is 88.4 Å². The Hall–Kier alpha value is -3.29. The van der Waals surface area contributed by atoms with Gasteiger partial charge in [0.1, 0.15) is 17.4 Å². The molecule has 5 atom stereocenters. The summed E-state index contributed by atoms with van der Waals surface area (Å²) in [7, 11) is 1.41. The number of nitrogens with one attached hydrogen (secondary N) is 2. The summed E-state index contributed by atoms with van der Waals surface area (Å²) < 4.78 is 74.5. The van der Waals surface area contributed by atoms with Gasteiger partial charge >= 0.3 is 6.18 Å². The lowest BCUT2D eigenvalue weighted by Crippen LogP contribution is -2.59. The van der Waals surface area contributed by atoms with Crippen molar-refractivity contribution in [3.8, 4) is 17.1 Å². The van der Waals surface area contributed by atoms with E-state index in [1.807, 2.05) is 0 Å². The first kappa shape index (κ1) is 30.2. The molecule has 0 radical (unpaired) electrons. The van der Waals surface area contributed by atoms with Gasteiger partial charge in [0.2, 0.25) is 11.8 Å². The van der Waals surface area contributed by atoms with Gasteiger partial charge in [-0.1, -0.05) is 0 Å². The highest BCUT2D eigenvalue weighted by atomic mass is 19.4. The number of aromatic nitrogens is 3. The first-order valence-corrected chi connectivity index (χ1v) is 14.1. The number of pyridine rings is 1. The third-order valence-corrected chi connectivity index (χ3v) is 8.45. The van der Waals surface area contributed by atoms with Crippen LogP contribution in [-0.4, -0.2) is 93.0 Å². The fourth-order valence-electron chi connectivity index (χ4n) is 6.67. The molecular weight excluding hydrogens is 563 g/mol. The second-order valence-electron chi connectivity index (χ2n) is 12.1. The molecular formula is C28H35F5N6O3. The molecule has 2 amide bonds. The Balaban J connectivity index is 1.22. The smallest absolute Gasteiger partial charge is 0.404 e. The van der Waals surface area contributed by atoms with Crippen LogP contribution in [0.2, 0.25) is 0 Å². The maximum Gasteiger partial charge on any atom is 0.404 e. The van der Waals surface area contributed by atoms with E-state index in [-0.39, 0.29) is 72.7 Å². The molecule has 9 nitrogen and oxygen atoms in total. The number of amides is 2. The molecule has 0 spiro atoms. The topological polar surface area (TPSA) is 103 Å². The van der Waals surface area contributed by atoms with Crippen molar-refractivity contribution >= 4 is 11.8 Å². The van der Waals surface area contributed by atoms with Gasteiger partial charge in [-0.15, -0.1) is 0 Å². The lowest BCUT2D eigenvalue weighted by atomic mass is 9.88. The Kier molecular flexibility index (Phi) is 8.20. The standard InChI is InChI=1S/C28H35F5N6O3/c1-27(2,30)14-38-13-16(4-7-23(38)28(31,32)33)35-25(40)15-8-17-5-6-18(9-15)39(17)26(41)22-11-21(36-37-22)19-10-24(42-3)34-12-20(19)29/h10-12,15-18,23H,4-9,13-14H2,1-3H3,(H,35,40)(H,36,37)/t15?,16-,17-,18+,23-/m0/s1. The SMILES string of the molecule is COc1cc(-c2cc(C(=O)N3[C@@H]4CC[C@H]3CC(C(=O)N[C@H]3CC[C@@H](C(F)(F)F)N(CC(C)(C)F)C3)C4)[nH]n2)c(F)cn1. The van der Waals surface area contributed by atoms with Crippen LogP contribution in [0.15, 0.2) is 18.3 Å². The molecule has 3 saturated heterocycles. The number of hydrogen-bond acceptors (Lipinski definition) is 6. The maximum atomic E-state index is 14.4. The number of rotatable bonds is 7. The van der Waals surface area contributed by atoms with Crippen LogP contribution < -0.4 is 10.1 Å². The predicted octanol–water partition coefficient (Wildman–Crippen LogP) is 4.26. The zero-order valence-corrected chi connectivity index (χ0v) is 23.7. The lowest BCUT2D eigenvalue weighted by Gasteiger charge is -2.43. The Morgan fingerprint density at radius 1 is 1.10 bits per heavy atom. The van der Waals surface area contributed by atoms with Crippen molar-refractivity contribution < 1.29 is 36.3 Å². The first-order chi connectivity index (χ1) is 19.7. The molecule has 2 aromatic heterocycles. The fourth-order valence-corrected chi connectivity index (χ4v) is 6.67. The molecule has 5 heterocycles. The number of fused-ring (bicyclic) bond motifs is 2. The number of carbonyl (C=O) groups is 2. The molecule has 230 valence electrons. The zero-order valence-electron chi connectivity index (χ0n) is 23.7. The van der Waals surface area contributed by atoms with Crippen LogP contribution in [0.4, 0.5) is 22.0 Å². The summed E-state index contributed by atoms with van der Waals surface area (Å²) in [4.78, 5) is 33.4. The second-order valence-corrected chi connectivity index (χ2v) is 12.1. The van der Waals surface area contributed by atoms with E-state index >= 15 is 0 Å². The predicted molar refractivity (Wildman–Crippen MR) is 142 cm³/mol. The summed E-state index contributed by atoms with van der Waals surface area (Å²) in [6.45, 7) is 2.02. The van der Waals surface area contributed by atoms with E-state index in [0.717, 1.165) is 11.1 Å². The minimum absolute atomic E-state index is 0.0838. The van der Waals surface area contributed by atoms with Crippen LogP contribution in [0.3, 0.4) is 0 Å². The molecule has 3 aliphatic rings. The lowest BCUT2D eigenvalue weighted by molar-refractivity contribution is -0.196. The van der Waals surface area contributed by atoms with Crippen LogP contribution in [0, 0.1) is 11.7 Å². The number of carbonyl (C=O) groups excluding carboxylic acids is 2. The Labute approximate surface area is 240 Å². The third kappa shape index (κ3) is 6.37. The van der Waals surface area contributed by atoms with Crippen molar-refractivity contribution in [2.75, 3.05) is 20.2 Å². The normalized spacial score (nSPS) is 26.8. The molecule has 2 aromatic rings. The van der Waals surface area contributed by atoms with E-state index in [9.17, 15) is 31.5 Å². The summed E-state index contributed by atoms with van der Waals surface area (Å²) in [6, 6.07) is 0.209. The Morgan fingerprint density at radius 2 is 1.79 bits per heavy atom. The molecule has 0 aliphatic carbocycles. The molecule has 0 aromatic carbocycles. The van der Waals surface area contributed by atoms with Crippen LogP contribution in [-0.2, 0) is 4.79 Å². The number of aromatic amines is 1. The maximum absolute atomic E-state index is 14.4. The summed E-state index contributed by atoms with van der Waals surface area (Å²) in [5, 5.41) is 9.72. The molecule has 2 N–H and O–H groups in total. The summed E-state index contributed by atoms with van der Waals surface area (Å²) in [6.07, 6.45) is -1.26. The Bertz CT molecular complexity index is 1300. The van der Waals surface area contributed by atoms with Gasteiger partial charge in [-0.3, -0.25) is 19.6 Å². The molecule has 14 heteroatoms. The van der Waals surface area contributed by atoms with Crippen LogP contribution in [0.25, 0.3) is 11.3 Å². The number of ether oxygens (including phenoxy) is 1. The van der Waals surface area contributed by atoms with Gasteiger partial charge in [0.25, 0.3) is 5.91 Å². The second kappa shape index (κ2) is 11.4. The monoisotopic (exact) mass is 598 g/mol. The van der Waals surface area contributed by atoms with Gasteiger partial charge in [-0.2, -0.15) is 18.3 Å². The van der Waals surface area contributed by atoms with Crippen LogP contribution in [0.1, 0.15) is 62.9 Å². The van der Waals surface area contributed by atoms with Crippen molar-refractivity contribution in [3.05, 3.63) is 29.8 Å². The number of hydrogen-bond donors (Lipinski definition) is 2. The highest BCUT2D eigenvalue weighted by Gasteiger charge is 2.49. The minimum atomic E-state index is -4.48. The van der Waals surface area contributed by atoms with E-state index in [1.165, 1.54) is 33.1 Å². The number of alkyl halides is 4. The third-order valence-electron chi connectivity index (χ3n) is 8.45. The van der Waals surface area contributed by atoms with Crippen LogP contribution >= 0.6 is 0 Å². The van der Waals surface area contributed by atoms with E-state index in [1.54, 1.807) is 4.90 Å². The highest BCUT2D eigenvalue weighted by molar-refractivity contribution is 5.94. The fraction of sp³-hybridized carbons (Fsp3) is 0.643. The summed E-state index contributed by atoms with van der Waals surface area (Å²) in [5.41, 5.74) is -1.27. The van der Waals surface area contributed by atoms with Gasteiger partial charge in [-0.05, 0) is 58.4 Å². The average Bonchev–Trinajstić information content (AvgIpc) is 3.49. The van der Waals surface area contributed by atoms with Gasteiger partial charge in [0.05, 0.1) is 19.0 Å². The molecule has 3 fully saturated rings. The molecule has 2 bridgehead atoms. The van der Waals surface area contributed by atoms with E-state index in [2.05, 4.69) is 20.5 Å². The molecule has 0 saturated carbocycles. The van der Waals surface area contributed by atoms with Crippen LogP contribution in [0.5, 0.6) is 5.88 Å². The number of H-pyrrole nitrogens is 1. The number of nitrogens with zero attached hydrogens (tertiary/aromatic N) is 4. The Morgan fingerprint density at radius 3 is 2.40 bits per heavy atom. The first-order valence-electron chi connectivity index (χ1n) is 14.1. The molecule has 1 unspecified atom stereocenters. The van der Waals surface area contributed by atoms with Gasteiger partial charge < -0.3 is 15.0 Å². The van der Waals surface area contributed by atoms with Crippen molar-refractivity contribution in [1.82, 2.24) is 30.3 Å². The summed E-state index contributed by atoms with van der Waals surface area (Å²) in [5.74, 6) is -1.35. The highest BCUT2D eigenvalue weighted by Crippen LogP contribution is 2.40. The van der Waals surface area contributed by atoms with Gasteiger partial charge in [-0.25, -0.2) is 13.8 Å². The number of halogens is 5. The number of piperidine rings is 2. The van der Waals surface area contributed by atoms with E-state index in [0.29, 0.717) is 25.7 Å². The van der Waals surface area contributed by atoms with Gasteiger partial charge in [0.15, 0.2) is 5.82 Å². The van der Waals surface area contributed by atoms with E-state index < -0.39 is 35.7 Å².